The number of hydrogen-bond acceptors (Lipinski definition) is 5. The molecule has 3 rings (SSSR count). The Bertz CT molecular complexity index is 1210. The van der Waals surface area contributed by atoms with Crippen LogP contribution >= 0.6 is 0 Å². The summed E-state index contributed by atoms with van der Waals surface area (Å²) < 4.78 is 10.8. The Balaban J connectivity index is 1.96. The highest BCUT2D eigenvalue weighted by atomic mass is 16.6. The molecule has 0 aliphatic rings. The van der Waals surface area contributed by atoms with E-state index in [0.717, 1.165) is 21.6 Å². The molecule has 0 spiro atoms. The van der Waals surface area contributed by atoms with Crippen LogP contribution in [-0.2, 0) is 34.0 Å². The number of benzene rings is 3. The molecule has 3 aromatic carbocycles. The number of imide groups is 1. The monoisotopic (exact) mass is 500 g/mol. The van der Waals surface area contributed by atoms with E-state index in [-0.39, 0.29) is 32.0 Å². The molecule has 0 aliphatic heterocycles. The maximum absolute atomic E-state index is 13.9. The first-order valence-electron chi connectivity index (χ1n) is 12.1. The molecular formula is C30H32N2O5. The van der Waals surface area contributed by atoms with Crippen molar-refractivity contribution in [1.29, 1.82) is 0 Å². The first-order valence-corrected chi connectivity index (χ1v) is 12.1. The van der Waals surface area contributed by atoms with Gasteiger partial charge in [-0.25, -0.2) is 14.5 Å². The molecule has 0 saturated heterocycles. The first-order chi connectivity index (χ1) is 17.9. The highest BCUT2D eigenvalue weighted by Gasteiger charge is 2.33. The molecule has 0 aliphatic carbocycles. The lowest BCUT2D eigenvalue weighted by molar-refractivity contribution is -0.127. The topological polar surface area (TPSA) is 76.2 Å². The van der Waals surface area contributed by atoms with Gasteiger partial charge in [0.25, 0.3) is 5.91 Å². The Hall–Kier alpha value is -4.39. The maximum Gasteiger partial charge on any atom is 0.417 e. The van der Waals surface area contributed by atoms with E-state index in [4.69, 9.17) is 9.47 Å². The van der Waals surface area contributed by atoms with Gasteiger partial charge in [0.05, 0.1) is 19.7 Å². The van der Waals surface area contributed by atoms with Gasteiger partial charge in [0.15, 0.2) is 0 Å². The fourth-order valence-electron chi connectivity index (χ4n) is 3.71. The van der Waals surface area contributed by atoms with Gasteiger partial charge in [-0.1, -0.05) is 91.0 Å². The molecule has 3 aromatic rings. The zero-order valence-corrected chi connectivity index (χ0v) is 21.4. The molecule has 0 bridgehead atoms. The Kier molecular flexibility index (Phi) is 10.0. The van der Waals surface area contributed by atoms with Crippen molar-refractivity contribution in [3.05, 3.63) is 119 Å². The predicted molar refractivity (Wildman–Crippen MR) is 141 cm³/mol. The quantitative estimate of drug-likeness (QED) is 0.322. The van der Waals surface area contributed by atoms with Gasteiger partial charge in [-0.3, -0.25) is 9.69 Å². The normalized spacial score (nSPS) is 10.2. The fraction of sp³-hybridized carbons (Fsp3) is 0.233. The van der Waals surface area contributed by atoms with Crippen LogP contribution in [0.25, 0.3) is 0 Å². The van der Waals surface area contributed by atoms with E-state index >= 15 is 0 Å². The van der Waals surface area contributed by atoms with E-state index in [9.17, 15) is 14.4 Å². The van der Waals surface area contributed by atoms with Gasteiger partial charge in [-0.05, 0) is 43.0 Å². The van der Waals surface area contributed by atoms with Crippen molar-refractivity contribution >= 4 is 18.1 Å². The second kappa shape index (κ2) is 13.6. The number of allylic oxidation sites excluding steroid dienone is 1. The van der Waals surface area contributed by atoms with Gasteiger partial charge >= 0.3 is 12.2 Å². The van der Waals surface area contributed by atoms with E-state index < -0.39 is 18.1 Å². The van der Waals surface area contributed by atoms with Gasteiger partial charge in [0.1, 0.15) is 12.3 Å². The predicted octanol–water partition coefficient (Wildman–Crippen LogP) is 6.30. The maximum atomic E-state index is 13.9. The highest BCUT2D eigenvalue weighted by molar-refractivity contribution is 6.04. The van der Waals surface area contributed by atoms with Crippen molar-refractivity contribution in [2.45, 2.75) is 40.5 Å². The lowest BCUT2D eigenvalue weighted by Crippen LogP contribution is -2.44. The highest BCUT2D eigenvalue weighted by Crippen LogP contribution is 2.22. The van der Waals surface area contributed by atoms with Crippen molar-refractivity contribution in [1.82, 2.24) is 9.80 Å². The van der Waals surface area contributed by atoms with E-state index in [1.54, 1.807) is 20.8 Å². The molecule has 0 aromatic heterocycles. The molecule has 3 amide bonds. The van der Waals surface area contributed by atoms with Crippen LogP contribution < -0.4 is 0 Å². The summed E-state index contributed by atoms with van der Waals surface area (Å²) in [7, 11) is 0. The fourth-order valence-corrected chi connectivity index (χ4v) is 3.71. The average Bonchev–Trinajstić information content (AvgIpc) is 2.91. The molecule has 7 heteroatoms. The van der Waals surface area contributed by atoms with Crippen LogP contribution in [0.1, 0.15) is 37.5 Å². The second-order valence-electron chi connectivity index (χ2n) is 8.54. The summed E-state index contributed by atoms with van der Waals surface area (Å²) in [5, 5.41) is 0. The standard InChI is InChI=1S/C30H32N2O5/c1-4-36-30(35)32(21-25-16-10-6-11-17-25)28(33)27(23(2)3)31(20-24-14-8-5-9-15-24)29(34)37-22-26-18-12-7-13-19-26/h5-19H,4,20-22H2,1-3H3. The zero-order chi connectivity index (χ0) is 26.6. The summed E-state index contributed by atoms with van der Waals surface area (Å²) in [6.45, 7) is 5.35. The van der Waals surface area contributed by atoms with Crippen molar-refractivity contribution in [3.63, 3.8) is 0 Å². The van der Waals surface area contributed by atoms with Gasteiger partial charge < -0.3 is 9.47 Å². The molecule has 0 fully saturated rings. The summed E-state index contributed by atoms with van der Waals surface area (Å²) in [6.07, 6.45) is -1.48. The second-order valence-corrected chi connectivity index (χ2v) is 8.54. The minimum Gasteiger partial charge on any atom is -0.449 e. The number of hydrogen-bond donors (Lipinski definition) is 0. The number of nitrogens with zero attached hydrogens (tertiary/aromatic N) is 2. The third kappa shape index (κ3) is 7.80. The molecule has 0 heterocycles. The summed E-state index contributed by atoms with van der Waals surface area (Å²) in [5.74, 6) is -0.644. The third-order valence-electron chi connectivity index (χ3n) is 5.47. The molecule has 0 saturated carbocycles. The van der Waals surface area contributed by atoms with Gasteiger partial charge in [-0.2, -0.15) is 0 Å². The van der Waals surface area contributed by atoms with Gasteiger partial charge in [0.2, 0.25) is 0 Å². The van der Waals surface area contributed by atoms with E-state index in [1.165, 1.54) is 4.90 Å². The number of rotatable bonds is 9. The summed E-state index contributed by atoms with van der Waals surface area (Å²) in [4.78, 5) is 42.6. The van der Waals surface area contributed by atoms with Crippen LogP contribution in [0.5, 0.6) is 0 Å². The van der Waals surface area contributed by atoms with Crippen molar-refractivity contribution in [2.75, 3.05) is 6.61 Å². The summed E-state index contributed by atoms with van der Waals surface area (Å²) in [5.41, 5.74) is 2.98. The summed E-state index contributed by atoms with van der Waals surface area (Å²) in [6, 6.07) is 27.7. The van der Waals surface area contributed by atoms with Gasteiger partial charge in [0, 0.05) is 0 Å². The molecular weight excluding hydrogens is 468 g/mol. The SMILES string of the molecule is CCOC(=O)N(Cc1ccccc1)C(=O)C(=C(C)C)N(Cc1ccccc1)C(=O)OCc1ccccc1. The number of carbonyl (C=O) groups is 3. The third-order valence-corrected chi connectivity index (χ3v) is 5.47. The Morgan fingerprint density at radius 2 is 1.05 bits per heavy atom. The summed E-state index contributed by atoms with van der Waals surface area (Å²) >= 11 is 0. The molecule has 0 atom stereocenters. The lowest BCUT2D eigenvalue weighted by atomic mass is 10.1. The van der Waals surface area contributed by atoms with Crippen LogP contribution in [0.3, 0.4) is 0 Å². The Labute approximate surface area is 217 Å². The molecule has 0 unspecified atom stereocenters. The minimum absolute atomic E-state index is 0.00642. The number of ether oxygens (including phenoxy) is 2. The Morgan fingerprint density at radius 1 is 0.622 bits per heavy atom. The van der Waals surface area contributed by atoms with E-state index in [2.05, 4.69) is 0 Å². The van der Waals surface area contributed by atoms with Crippen molar-refractivity contribution in [2.24, 2.45) is 0 Å². The van der Waals surface area contributed by atoms with Crippen LogP contribution in [-0.4, -0.2) is 34.5 Å². The minimum atomic E-state index is -0.785. The van der Waals surface area contributed by atoms with Crippen LogP contribution in [0, 0.1) is 0 Å². The van der Waals surface area contributed by atoms with E-state index in [0.29, 0.717) is 5.57 Å². The average molecular weight is 501 g/mol. The lowest BCUT2D eigenvalue weighted by Gasteiger charge is -2.29. The van der Waals surface area contributed by atoms with E-state index in [1.807, 2.05) is 91.0 Å². The molecule has 0 radical (unpaired) electrons. The molecule has 37 heavy (non-hydrogen) atoms. The largest absolute Gasteiger partial charge is 0.449 e. The smallest absolute Gasteiger partial charge is 0.417 e. The van der Waals surface area contributed by atoms with Crippen LogP contribution in [0.2, 0.25) is 0 Å². The number of amides is 3. The van der Waals surface area contributed by atoms with Crippen LogP contribution in [0.4, 0.5) is 9.59 Å². The molecule has 0 N–H and O–H groups in total. The Morgan fingerprint density at radius 3 is 1.51 bits per heavy atom. The van der Waals surface area contributed by atoms with Crippen molar-refractivity contribution < 1.29 is 23.9 Å². The zero-order valence-electron chi connectivity index (χ0n) is 21.4. The molecule has 7 nitrogen and oxygen atoms in total. The van der Waals surface area contributed by atoms with Gasteiger partial charge in [-0.15, -0.1) is 0 Å². The number of carbonyl (C=O) groups excluding carboxylic acids is 3. The first kappa shape index (κ1) is 27.2. The molecule has 192 valence electrons. The van der Waals surface area contributed by atoms with Crippen LogP contribution in [0.15, 0.2) is 102 Å². The van der Waals surface area contributed by atoms with Crippen molar-refractivity contribution in [3.8, 4) is 0 Å².